The summed E-state index contributed by atoms with van der Waals surface area (Å²) in [6, 6.07) is 10.8. The SMILES string of the molecule is COc1cc(F)ccc1NC(=O)c1nc(C)n(-c2ccc(Cl)cc2)n1. The third-order valence-electron chi connectivity index (χ3n) is 3.46. The summed E-state index contributed by atoms with van der Waals surface area (Å²) in [5.74, 6) is -0.254. The molecule has 0 spiro atoms. The largest absolute Gasteiger partial charge is 0.494 e. The molecule has 0 aliphatic heterocycles. The first-order valence-corrected chi connectivity index (χ1v) is 7.70. The van der Waals surface area contributed by atoms with Crippen LogP contribution in [0.1, 0.15) is 16.4 Å². The minimum Gasteiger partial charge on any atom is -0.494 e. The Morgan fingerprint density at radius 1 is 1.24 bits per heavy atom. The van der Waals surface area contributed by atoms with Gasteiger partial charge in [0.1, 0.15) is 17.4 Å². The number of nitrogens with one attached hydrogen (secondary N) is 1. The zero-order chi connectivity index (χ0) is 18.0. The molecule has 0 radical (unpaired) electrons. The topological polar surface area (TPSA) is 69.0 Å². The number of hydrogen-bond acceptors (Lipinski definition) is 4. The second-order valence-corrected chi connectivity index (χ2v) is 5.61. The molecular weight excluding hydrogens is 347 g/mol. The van der Waals surface area contributed by atoms with E-state index in [2.05, 4.69) is 15.4 Å². The molecule has 0 bridgehead atoms. The average molecular weight is 361 g/mol. The fourth-order valence-corrected chi connectivity index (χ4v) is 2.39. The van der Waals surface area contributed by atoms with Gasteiger partial charge in [0, 0.05) is 11.1 Å². The van der Waals surface area contributed by atoms with Crippen molar-refractivity contribution >= 4 is 23.2 Å². The van der Waals surface area contributed by atoms with Gasteiger partial charge in [-0.15, -0.1) is 5.10 Å². The third kappa shape index (κ3) is 3.61. The molecule has 0 aliphatic carbocycles. The lowest BCUT2D eigenvalue weighted by atomic mass is 10.3. The van der Waals surface area contributed by atoms with Gasteiger partial charge in [-0.2, -0.15) is 0 Å². The summed E-state index contributed by atoms with van der Waals surface area (Å²) in [5.41, 5.74) is 1.06. The maximum atomic E-state index is 13.2. The van der Waals surface area contributed by atoms with Crippen molar-refractivity contribution in [3.63, 3.8) is 0 Å². The Bertz CT molecular complexity index is 925. The molecule has 0 aliphatic rings. The molecule has 0 atom stereocenters. The van der Waals surface area contributed by atoms with Crippen molar-refractivity contribution < 1.29 is 13.9 Å². The zero-order valence-corrected chi connectivity index (χ0v) is 14.2. The van der Waals surface area contributed by atoms with E-state index < -0.39 is 11.7 Å². The zero-order valence-electron chi connectivity index (χ0n) is 13.5. The van der Waals surface area contributed by atoms with Gasteiger partial charge in [-0.25, -0.2) is 14.1 Å². The van der Waals surface area contributed by atoms with Crippen LogP contribution < -0.4 is 10.1 Å². The van der Waals surface area contributed by atoms with Crippen molar-refractivity contribution in [2.45, 2.75) is 6.92 Å². The monoisotopic (exact) mass is 360 g/mol. The lowest BCUT2D eigenvalue weighted by Gasteiger charge is -2.08. The van der Waals surface area contributed by atoms with Crippen LogP contribution >= 0.6 is 11.6 Å². The van der Waals surface area contributed by atoms with E-state index in [-0.39, 0.29) is 11.6 Å². The number of anilines is 1. The number of benzene rings is 2. The fourth-order valence-electron chi connectivity index (χ4n) is 2.26. The van der Waals surface area contributed by atoms with Crippen LogP contribution in [0.5, 0.6) is 5.75 Å². The van der Waals surface area contributed by atoms with Gasteiger partial charge in [0.25, 0.3) is 5.91 Å². The molecule has 2 aromatic carbocycles. The van der Waals surface area contributed by atoms with Gasteiger partial charge >= 0.3 is 0 Å². The highest BCUT2D eigenvalue weighted by atomic mass is 35.5. The standard InChI is InChI=1S/C17H14ClFN4O2/c1-10-20-16(22-23(10)13-6-3-11(18)4-7-13)17(24)21-14-8-5-12(19)9-15(14)25-2/h3-9H,1-2H3,(H,21,24). The Hall–Kier alpha value is -2.93. The molecular formula is C17H14ClFN4O2. The Balaban J connectivity index is 1.86. The van der Waals surface area contributed by atoms with Crippen LogP contribution in [0.3, 0.4) is 0 Å². The molecule has 128 valence electrons. The van der Waals surface area contributed by atoms with E-state index in [1.165, 1.54) is 30.0 Å². The first-order valence-electron chi connectivity index (χ1n) is 7.32. The van der Waals surface area contributed by atoms with Crippen molar-refractivity contribution in [1.82, 2.24) is 14.8 Å². The van der Waals surface area contributed by atoms with Crippen molar-refractivity contribution in [1.29, 1.82) is 0 Å². The summed E-state index contributed by atoms with van der Waals surface area (Å²) >= 11 is 5.88. The summed E-state index contributed by atoms with van der Waals surface area (Å²) in [5, 5.41) is 7.43. The number of carbonyl (C=O) groups is 1. The van der Waals surface area contributed by atoms with Crippen molar-refractivity contribution in [3.8, 4) is 11.4 Å². The van der Waals surface area contributed by atoms with Gasteiger partial charge in [-0.1, -0.05) is 11.6 Å². The van der Waals surface area contributed by atoms with Crippen LogP contribution in [0.25, 0.3) is 5.69 Å². The molecule has 0 fully saturated rings. The number of ether oxygens (including phenoxy) is 1. The Morgan fingerprint density at radius 3 is 2.64 bits per heavy atom. The van der Waals surface area contributed by atoms with Gasteiger partial charge in [0.05, 0.1) is 18.5 Å². The summed E-state index contributed by atoms with van der Waals surface area (Å²) in [7, 11) is 1.39. The summed E-state index contributed by atoms with van der Waals surface area (Å²) in [4.78, 5) is 16.6. The maximum Gasteiger partial charge on any atom is 0.295 e. The number of rotatable bonds is 4. The van der Waals surface area contributed by atoms with Crippen LogP contribution in [-0.4, -0.2) is 27.8 Å². The first-order chi connectivity index (χ1) is 12.0. The molecule has 0 saturated heterocycles. The van der Waals surface area contributed by atoms with E-state index in [0.29, 0.717) is 16.5 Å². The first kappa shape index (κ1) is 16.9. The van der Waals surface area contributed by atoms with E-state index >= 15 is 0 Å². The number of nitrogens with zero attached hydrogens (tertiary/aromatic N) is 3. The van der Waals surface area contributed by atoms with Gasteiger partial charge in [-0.05, 0) is 43.3 Å². The molecule has 25 heavy (non-hydrogen) atoms. The average Bonchev–Trinajstić information content (AvgIpc) is 2.99. The van der Waals surface area contributed by atoms with Crippen LogP contribution in [0, 0.1) is 12.7 Å². The Morgan fingerprint density at radius 2 is 1.96 bits per heavy atom. The number of methoxy groups -OCH3 is 1. The van der Waals surface area contributed by atoms with Gasteiger partial charge in [0.15, 0.2) is 0 Å². The summed E-state index contributed by atoms with van der Waals surface area (Å²) in [6.45, 7) is 1.73. The lowest BCUT2D eigenvalue weighted by Crippen LogP contribution is -2.15. The van der Waals surface area contributed by atoms with Crippen molar-refractivity contribution in [3.05, 3.63) is 65.0 Å². The normalized spacial score (nSPS) is 10.6. The van der Waals surface area contributed by atoms with Gasteiger partial charge in [-0.3, -0.25) is 4.79 Å². The molecule has 1 heterocycles. The quantitative estimate of drug-likeness (QED) is 0.771. The fraction of sp³-hybridized carbons (Fsp3) is 0.118. The minimum absolute atomic E-state index is 0.0150. The van der Waals surface area contributed by atoms with E-state index in [4.69, 9.17) is 16.3 Å². The van der Waals surface area contributed by atoms with Crippen molar-refractivity contribution in [2.75, 3.05) is 12.4 Å². The minimum atomic E-state index is -0.527. The predicted octanol–water partition coefficient (Wildman–Crippen LogP) is 3.63. The van der Waals surface area contributed by atoms with Crippen LogP contribution in [0.15, 0.2) is 42.5 Å². The maximum absolute atomic E-state index is 13.2. The smallest absolute Gasteiger partial charge is 0.295 e. The van der Waals surface area contributed by atoms with Gasteiger partial charge < -0.3 is 10.1 Å². The summed E-state index contributed by atoms with van der Waals surface area (Å²) < 4.78 is 19.8. The highest BCUT2D eigenvalue weighted by Gasteiger charge is 2.17. The number of halogens is 2. The van der Waals surface area contributed by atoms with Gasteiger partial charge in [0.2, 0.25) is 5.82 Å². The van der Waals surface area contributed by atoms with E-state index in [1.807, 2.05) is 0 Å². The Labute approximate surface area is 148 Å². The molecule has 6 nitrogen and oxygen atoms in total. The number of aromatic nitrogens is 3. The second kappa shape index (κ2) is 6.90. The molecule has 3 rings (SSSR count). The molecule has 1 amide bonds. The second-order valence-electron chi connectivity index (χ2n) is 5.17. The Kier molecular flexibility index (Phi) is 4.67. The molecule has 0 saturated carbocycles. The number of hydrogen-bond donors (Lipinski definition) is 1. The highest BCUT2D eigenvalue weighted by molar-refractivity contribution is 6.30. The van der Waals surface area contributed by atoms with E-state index in [0.717, 1.165) is 5.69 Å². The highest BCUT2D eigenvalue weighted by Crippen LogP contribution is 2.25. The van der Waals surface area contributed by atoms with Crippen LogP contribution in [0.4, 0.5) is 10.1 Å². The molecule has 0 unspecified atom stereocenters. The van der Waals surface area contributed by atoms with E-state index in [1.54, 1.807) is 31.2 Å². The molecule has 1 aromatic heterocycles. The number of carbonyl (C=O) groups excluding carboxylic acids is 1. The summed E-state index contributed by atoms with van der Waals surface area (Å²) in [6.07, 6.45) is 0. The number of amides is 1. The molecule has 3 aromatic rings. The molecule has 1 N–H and O–H groups in total. The number of aryl methyl sites for hydroxylation is 1. The lowest BCUT2D eigenvalue weighted by molar-refractivity contribution is 0.101. The molecule has 8 heteroatoms. The van der Waals surface area contributed by atoms with Crippen LogP contribution in [0.2, 0.25) is 5.02 Å². The van der Waals surface area contributed by atoms with E-state index in [9.17, 15) is 9.18 Å². The van der Waals surface area contributed by atoms with Crippen molar-refractivity contribution in [2.24, 2.45) is 0 Å². The predicted molar refractivity (Wildman–Crippen MR) is 92.0 cm³/mol. The van der Waals surface area contributed by atoms with Crippen LogP contribution in [-0.2, 0) is 0 Å². The third-order valence-corrected chi connectivity index (χ3v) is 3.71.